The number of alkyl halides is 1. The molecule has 0 spiro atoms. The summed E-state index contributed by atoms with van der Waals surface area (Å²) in [7, 11) is 0. The fourth-order valence-corrected chi connectivity index (χ4v) is 1.84. The Labute approximate surface area is 131 Å². The van der Waals surface area contributed by atoms with Crippen LogP contribution < -0.4 is 4.74 Å². The van der Waals surface area contributed by atoms with E-state index in [2.05, 4.69) is 0 Å². The molecule has 0 amide bonds. The highest BCUT2D eigenvalue weighted by Gasteiger charge is 1.97. The largest absolute Gasteiger partial charge is 0.457 e. The molecule has 0 aliphatic heterocycles. The summed E-state index contributed by atoms with van der Waals surface area (Å²) in [5.41, 5.74) is 0.913. The zero-order chi connectivity index (χ0) is 14.2. The van der Waals surface area contributed by atoms with E-state index in [4.69, 9.17) is 9.47 Å². The molecule has 20 heavy (non-hydrogen) atoms. The van der Waals surface area contributed by atoms with Crippen LogP contribution >= 0.6 is 22.6 Å². The lowest BCUT2D eigenvalue weighted by molar-refractivity contribution is -0.135. The van der Waals surface area contributed by atoms with E-state index >= 15 is 0 Å². The summed E-state index contributed by atoms with van der Waals surface area (Å²) in [6.45, 7) is 0. The smallest absolute Gasteiger partial charge is 0.331 e. The molecule has 2 rings (SSSR count). The molecule has 4 heteroatoms. The van der Waals surface area contributed by atoms with E-state index < -0.39 is 0 Å². The molecule has 0 bridgehead atoms. The van der Waals surface area contributed by atoms with Crippen molar-refractivity contribution in [3.63, 3.8) is 0 Å². The van der Waals surface area contributed by atoms with Gasteiger partial charge in [0.05, 0.1) is 0 Å². The maximum atomic E-state index is 11.2. The van der Waals surface area contributed by atoms with E-state index in [0.717, 1.165) is 17.1 Å². The van der Waals surface area contributed by atoms with Crippen LogP contribution in [0.15, 0.2) is 60.7 Å². The van der Waals surface area contributed by atoms with Gasteiger partial charge in [-0.05, 0) is 58.5 Å². The molecule has 2 aromatic carbocycles. The Morgan fingerprint density at radius 1 is 1.00 bits per heavy atom. The second-order valence-electron chi connectivity index (χ2n) is 3.89. The van der Waals surface area contributed by atoms with Gasteiger partial charge in [0, 0.05) is 6.08 Å². The summed E-state index contributed by atoms with van der Waals surface area (Å²) >= 11 is 1.98. The molecule has 0 fully saturated rings. The number of carbonyl (C=O) groups is 1. The quantitative estimate of drug-likeness (QED) is 0.333. The van der Waals surface area contributed by atoms with E-state index in [1.54, 1.807) is 6.08 Å². The Morgan fingerprint density at radius 2 is 1.65 bits per heavy atom. The zero-order valence-electron chi connectivity index (χ0n) is 10.7. The van der Waals surface area contributed by atoms with Crippen LogP contribution in [0.1, 0.15) is 5.56 Å². The molecular weight excluding hydrogens is 367 g/mol. The van der Waals surface area contributed by atoms with Crippen molar-refractivity contribution in [3.05, 3.63) is 66.2 Å². The third kappa shape index (κ3) is 4.70. The van der Waals surface area contributed by atoms with Crippen molar-refractivity contribution >= 4 is 34.6 Å². The first kappa shape index (κ1) is 14.6. The fraction of sp³-hybridized carbons (Fsp3) is 0.0625. The number of ether oxygens (including phenoxy) is 2. The summed E-state index contributed by atoms with van der Waals surface area (Å²) in [5.74, 6) is 1.20. The van der Waals surface area contributed by atoms with Gasteiger partial charge in [0.1, 0.15) is 16.1 Å². The number of hydrogen-bond donors (Lipinski definition) is 0. The lowest BCUT2D eigenvalue weighted by Crippen LogP contribution is -1.96. The van der Waals surface area contributed by atoms with Crippen molar-refractivity contribution in [1.29, 1.82) is 0 Å². The van der Waals surface area contributed by atoms with Gasteiger partial charge >= 0.3 is 5.97 Å². The number of rotatable bonds is 5. The summed E-state index contributed by atoms with van der Waals surface area (Å²) < 4.78 is 10.8. The number of benzene rings is 2. The summed E-state index contributed by atoms with van der Waals surface area (Å²) in [6.07, 6.45) is 3.12. The molecule has 0 saturated carbocycles. The number of esters is 1. The highest BCUT2D eigenvalue weighted by molar-refractivity contribution is 14.1. The Kier molecular flexibility index (Phi) is 5.61. The maximum absolute atomic E-state index is 11.2. The van der Waals surface area contributed by atoms with Crippen LogP contribution in [0, 0.1) is 0 Å². The van der Waals surface area contributed by atoms with Gasteiger partial charge in [0.2, 0.25) is 0 Å². The monoisotopic (exact) mass is 380 g/mol. The first-order chi connectivity index (χ1) is 9.78. The van der Waals surface area contributed by atoms with Crippen LogP contribution in [-0.4, -0.2) is 10.6 Å². The Morgan fingerprint density at radius 3 is 2.30 bits per heavy atom. The average molecular weight is 380 g/mol. The minimum Gasteiger partial charge on any atom is -0.457 e. The Bertz CT molecular complexity index is 576. The Balaban J connectivity index is 1.98. The number of para-hydroxylation sites is 1. The van der Waals surface area contributed by atoms with Crippen LogP contribution in [-0.2, 0) is 9.53 Å². The van der Waals surface area contributed by atoms with Crippen LogP contribution in [0.2, 0.25) is 0 Å². The van der Waals surface area contributed by atoms with Gasteiger partial charge in [-0.3, -0.25) is 0 Å². The van der Waals surface area contributed by atoms with Gasteiger partial charge in [-0.25, -0.2) is 4.79 Å². The normalized spacial score (nSPS) is 10.4. The molecule has 0 radical (unpaired) electrons. The number of carbonyl (C=O) groups excluding carboxylic acids is 1. The van der Waals surface area contributed by atoms with E-state index in [1.165, 1.54) is 6.08 Å². The fourth-order valence-electron chi connectivity index (χ4n) is 1.54. The topological polar surface area (TPSA) is 35.5 Å². The van der Waals surface area contributed by atoms with Crippen LogP contribution in [0.25, 0.3) is 6.08 Å². The van der Waals surface area contributed by atoms with Crippen LogP contribution in [0.3, 0.4) is 0 Å². The van der Waals surface area contributed by atoms with Gasteiger partial charge in [-0.15, -0.1) is 0 Å². The molecule has 3 nitrogen and oxygen atoms in total. The molecule has 0 aliphatic rings. The van der Waals surface area contributed by atoms with E-state index in [1.807, 2.05) is 77.2 Å². The number of hydrogen-bond acceptors (Lipinski definition) is 3. The standard InChI is InChI=1S/C16H13IO3/c17-12-19-16(18)11-8-13-6-9-15(10-7-13)20-14-4-2-1-3-5-14/h1-11H,12H2/b11-8+. The van der Waals surface area contributed by atoms with Crippen molar-refractivity contribution in [2.24, 2.45) is 0 Å². The van der Waals surface area contributed by atoms with Gasteiger partial charge in [0.25, 0.3) is 0 Å². The molecule has 102 valence electrons. The van der Waals surface area contributed by atoms with Gasteiger partial charge in [0.15, 0.2) is 0 Å². The molecule has 0 unspecified atom stereocenters. The Hall–Kier alpha value is -1.82. The molecule has 0 saturated heterocycles. The van der Waals surface area contributed by atoms with Crippen LogP contribution in [0.5, 0.6) is 11.5 Å². The van der Waals surface area contributed by atoms with Gasteiger partial charge in [-0.2, -0.15) is 0 Å². The predicted octanol–water partition coefficient (Wildman–Crippen LogP) is 4.43. The van der Waals surface area contributed by atoms with Crippen molar-refractivity contribution in [3.8, 4) is 11.5 Å². The minimum absolute atomic E-state index is 0.344. The maximum Gasteiger partial charge on any atom is 0.331 e. The number of halogens is 1. The SMILES string of the molecule is O=C(/C=C/c1ccc(Oc2ccccc2)cc1)OCI. The predicted molar refractivity (Wildman–Crippen MR) is 87.0 cm³/mol. The highest BCUT2D eigenvalue weighted by atomic mass is 127. The first-order valence-electron chi connectivity index (χ1n) is 6.02. The van der Waals surface area contributed by atoms with E-state index in [-0.39, 0.29) is 5.97 Å². The van der Waals surface area contributed by atoms with E-state index in [0.29, 0.717) is 4.61 Å². The lowest BCUT2D eigenvalue weighted by Gasteiger charge is -2.05. The average Bonchev–Trinajstić information content (AvgIpc) is 2.48. The van der Waals surface area contributed by atoms with Crippen molar-refractivity contribution in [2.75, 3.05) is 4.61 Å². The summed E-state index contributed by atoms with van der Waals surface area (Å²) in [5, 5.41) is 0. The zero-order valence-corrected chi connectivity index (χ0v) is 12.8. The summed E-state index contributed by atoms with van der Waals surface area (Å²) in [4.78, 5) is 11.2. The van der Waals surface area contributed by atoms with Crippen molar-refractivity contribution < 1.29 is 14.3 Å². The molecule has 0 heterocycles. The van der Waals surface area contributed by atoms with Crippen molar-refractivity contribution in [2.45, 2.75) is 0 Å². The van der Waals surface area contributed by atoms with Crippen LogP contribution in [0.4, 0.5) is 0 Å². The minimum atomic E-state index is -0.344. The first-order valence-corrected chi connectivity index (χ1v) is 7.54. The molecule has 0 atom stereocenters. The third-order valence-electron chi connectivity index (χ3n) is 2.47. The van der Waals surface area contributed by atoms with Gasteiger partial charge < -0.3 is 9.47 Å². The molecule has 0 aliphatic carbocycles. The lowest BCUT2D eigenvalue weighted by atomic mass is 10.2. The van der Waals surface area contributed by atoms with Gasteiger partial charge in [-0.1, -0.05) is 30.3 Å². The molecule has 0 aromatic heterocycles. The van der Waals surface area contributed by atoms with Crippen molar-refractivity contribution in [1.82, 2.24) is 0 Å². The molecule has 2 aromatic rings. The molecule has 0 N–H and O–H groups in total. The second-order valence-corrected chi connectivity index (χ2v) is 4.51. The second kappa shape index (κ2) is 7.69. The summed E-state index contributed by atoms with van der Waals surface area (Å²) in [6, 6.07) is 17.1. The van der Waals surface area contributed by atoms with E-state index in [9.17, 15) is 4.79 Å². The highest BCUT2D eigenvalue weighted by Crippen LogP contribution is 2.21. The third-order valence-corrected chi connectivity index (χ3v) is 2.78. The molecular formula is C16H13IO3.